The average molecular weight is 235 g/mol. The zero-order valence-corrected chi connectivity index (χ0v) is 10.4. The zero-order valence-electron chi connectivity index (χ0n) is 10.4. The number of hydrogen-bond acceptors (Lipinski definition) is 1. The molecule has 2 aromatic carbocycles. The Morgan fingerprint density at radius 3 is 1.72 bits per heavy atom. The second-order valence-electron chi connectivity index (χ2n) is 4.59. The molecule has 0 aromatic heterocycles. The first-order valence-electron chi connectivity index (χ1n) is 6.54. The van der Waals surface area contributed by atoms with E-state index in [9.17, 15) is 0 Å². The molecule has 0 heterocycles. The van der Waals surface area contributed by atoms with Crippen LogP contribution in [0.25, 0.3) is 0 Å². The summed E-state index contributed by atoms with van der Waals surface area (Å²) in [6.45, 7) is 0. The maximum atomic E-state index is 2.37. The lowest BCUT2D eigenvalue weighted by Crippen LogP contribution is -2.14. The Morgan fingerprint density at radius 2 is 1.28 bits per heavy atom. The van der Waals surface area contributed by atoms with Crippen molar-refractivity contribution in [3.63, 3.8) is 0 Å². The van der Waals surface area contributed by atoms with E-state index in [-0.39, 0.29) is 0 Å². The monoisotopic (exact) mass is 235 g/mol. The van der Waals surface area contributed by atoms with Gasteiger partial charge in [-0.2, -0.15) is 0 Å². The van der Waals surface area contributed by atoms with Crippen molar-refractivity contribution >= 4 is 11.4 Å². The summed E-state index contributed by atoms with van der Waals surface area (Å²) in [6.07, 6.45) is 6.00. The highest BCUT2D eigenvalue weighted by Crippen LogP contribution is 2.34. The highest BCUT2D eigenvalue weighted by Gasteiger charge is 2.16. The van der Waals surface area contributed by atoms with Crippen molar-refractivity contribution in [1.29, 1.82) is 0 Å². The van der Waals surface area contributed by atoms with Crippen molar-refractivity contribution in [1.82, 2.24) is 0 Å². The van der Waals surface area contributed by atoms with Crippen molar-refractivity contribution in [3.8, 4) is 0 Å². The Morgan fingerprint density at radius 1 is 0.722 bits per heavy atom. The Bertz CT molecular complexity index is 489. The van der Waals surface area contributed by atoms with Gasteiger partial charge in [0.2, 0.25) is 0 Å². The van der Waals surface area contributed by atoms with Crippen LogP contribution in [0.5, 0.6) is 0 Å². The molecule has 1 aliphatic carbocycles. The Kier molecular flexibility index (Phi) is 3.14. The van der Waals surface area contributed by atoms with E-state index in [1.807, 2.05) is 0 Å². The van der Waals surface area contributed by atoms with Crippen molar-refractivity contribution in [2.75, 3.05) is 4.90 Å². The average Bonchev–Trinajstić information content (AvgIpc) is 2.95. The summed E-state index contributed by atoms with van der Waals surface area (Å²) in [7, 11) is 0. The Balaban J connectivity index is 2.04. The van der Waals surface area contributed by atoms with Crippen LogP contribution in [-0.2, 0) is 0 Å². The molecule has 0 N–H and O–H groups in total. The summed E-state index contributed by atoms with van der Waals surface area (Å²) in [5, 5.41) is 0. The molecule has 1 heteroatoms. The minimum atomic E-state index is 1.17. The molecule has 0 bridgehead atoms. The van der Waals surface area contributed by atoms with Gasteiger partial charge in [0.05, 0.1) is 0 Å². The van der Waals surface area contributed by atoms with Gasteiger partial charge in [0.25, 0.3) is 0 Å². The van der Waals surface area contributed by atoms with Gasteiger partial charge < -0.3 is 4.90 Å². The number of anilines is 2. The molecular formula is C17H17N. The van der Waals surface area contributed by atoms with Crippen LogP contribution in [0.4, 0.5) is 11.4 Å². The molecule has 1 aliphatic rings. The topological polar surface area (TPSA) is 3.24 Å². The van der Waals surface area contributed by atoms with E-state index < -0.39 is 0 Å². The minimum Gasteiger partial charge on any atom is -0.315 e. The van der Waals surface area contributed by atoms with Gasteiger partial charge in [0.15, 0.2) is 0 Å². The van der Waals surface area contributed by atoms with Crippen LogP contribution in [0.15, 0.2) is 72.4 Å². The Labute approximate surface area is 108 Å². The third-order valence-corrected chi connectivity index (χ3v) is 3.33. The van der Waals surface area contributed by atoms with E-state index >= 15 is 0 Å². The second-order valence-corrected chi connectivity index (χ2v) is 4.59. The molecule has 0 saturated heterocycles. The van der Waals surface area contributed by atoms with E-state index in [0.29, 0.717) is 0 Å². The van der Waals surface area contributed by atoms with Gasteiger partial charge in [0.1, 0.15) is 0 Å². The third-order valence-electron chi connectivity index (χ3n) is 3.33. The van der Waals surface area contributed by atoms with Crippen molar-refractivity contribution in [2.24, 2.45) is 0 Å². The van der Waals surface area contributed by atoms with E-state index in [1.54, 1.807) is 0 Å². The van der Waals surface area contributed by atoms with Gasteiger partial charge >= 0.3 is 0 Å². The second kappa shape index (κ2) is 5.09. The zero-order chi connectivity index (χ0) is 12.2. The SMILES string of the molecule is C1=C(N(c2ccccc2)c2ccccc2)CCC1. The summed E-state index contributed by atoms with van der Waals surface area (Å²) in [4.78, 5) is 2.37. The molecule has 1 nitrogen and oxygen atoms in total. The molecule has 0 spiro atoms. The van der Waals surface area contributed by atoms with Crippen LogP contribution >= 0.6 is 0 Å². The number of benzene rings is 2. The number of allylic oxidation sites excluding steroid dienone is 2. The van der Waals surface area contributed by atoms with Gasteiger partial charge in [0, 0.05) is 17.1 Å². The van der Waals surface area contributed by atoms with Crippen LogP contribution in [0.1, 0.15) is 19.3 Å². The summed E-state index contributed by atoms with van der Waals surface area (Å²) in [6, 6.07) is 21.2. The van der Waals surface area contributed by atoms with Crippen LogP contribution in [0.3, 0.4) is 0 Å². The molecular weight excluding hydrogens is 218 g/mol. The predicted octanol–water partition coefficient (Wildman–Crippen LogP) is 4.89. The predicted molar refractivity (Wildman–Crippen MR) is 77.0 cm³/mol. The lowest BCUT2D eigenvalue weighted by atomic mass is 10.2. The fourth-order valence-electron chi connectivity index (χ4n) is 2.49. The largest absolute Gasteiger partial charge is 0.315 e. The summed E-state index contributed by atoms with van der Waals surface area (Å²) < 4.78 is 0. The first-order valence-corrected chi connectivity index (χ1v) is 6.54. The van der Waals surface area contributed by atoms with Crippen molar-refractivity contribution in [2.45, 2.75) is 19.3 Å². The van der Waals surface area contributed by atoms with Crippen LogP contribution in [-0.4, -0.2) is 0 Å². The molecule has 0 saturated carbocycles. The molecule has 2 aromatic rings. The van der Waals surface area contributed by atoms with Crippen molar-refractivity contribution < 1.29 is 0 Å². The molecule has 90 valence electrons. The fourth-order valence-corrected chi connectivity index (χ4v) is 2.49. The molecule has 0 unspecified atom stereocenters. The van der Waals surface area contributed by atoms with E-state index in [0.717, 1.165) is 0 Å². The molecule has 18 heavy (non-hydrogen) atoms. The van der Waals surface area contributed by atoms with Gasteiger partial charge in [-0.25, -0.2) is 0 Å². The molecule has 0 aliphatic heterocycles. The fraction of sp³-hybridized carbons (Fsp3) is 0.176. The van der Waals surface area contributed by atoms with E-state index in [4.69, 9.17) is 0 Å². The van der Waals surface area contributed by atoms with Crippen molar-refractivity contribution in [3.05, 3.63) is 72.4 Å². The standard InChI is InChI=1S/C17H17N/c1-3-9-15(10-4-1)18(17-13-7-8-14-17)16-11-5-2-6-12-16/h1-6,9-13H,7-8,14H2. The van der Waals surface area contributed by atoms with Gasteiger partial charge in [-0.15, -0.1) is 0 Å². The van der Waals surface area contributed by atoms with Gasteiger partial charge in [-0.3, -0.25) is 0 Å². The molecule has 0 fully saturated rings. The molecule has 0 atom stereocenters. The third kappa shape index (κ3) is 2.17. The number of rotatable bonds is 3. The number of nitrogens with zero attached hydrogens (tertiary/aromatic N) is 1. The Hall–Kier alpha value is -2.02. The maximum Gasteiger partial charge on any atom is 0.0458 e. The number of para-hydroxylation sites is 2. The minimum absolute atomic E-state index is 1.17. The van der Waals surface area contributed by atoms with Gasteiger partial charge in [-0.1, -0.05) is 42.5 Å². The van der Waals surface area contributed by atoms with E-state index in [1.165, 1.54) is 36.3 Å². The van der Waals surface area contributed by atoms with Gasteiger partial charge in [-0.05, 0) is 43.5 Å². The lowest BCUT2D eigenvalue weighted by molar-refractivity contribution is 0.890. The molecule has 0 radical (unpaired) electrons. The normalized spacial score (nSPS) is 14.3. The first-order chi connectivity index (χ1) is 8.95. The summed E-state index contributed by atoms with van der Waals surface area (Å²) >= 11 is 0. The van der Waals surface area contributed by atoms with E-state index in [2.05, 4.69) is 71.6 Å². The summed E-state index contributed by atoms with van der Waals surface area (Å²) in [5.41, 5.74) is 3.92. The smallest absolute Gasteiger partial charge is 0.0458 e. The molecule has 0 amide bonds. The maximum absolute atomic E-state index is 2.37. The lowest BCUT2D eigenvalue weighted by Gasteiger charge is -2.26. The highest BCUT2D eigenvalue weighted by molar-refractivity contribution is 5.68. The first kappa shape index (κ1) is 11.1. The quantitative estimate of drug-likeness (QED) is 0.732. The summed E-state index contributed by atoms with van der Waals surface area (Å²) in [5.74, 6) is 0. The van der Waals surface area contributed by atoms with Crippen LogP contribution in [0.2, 0.25) is 0 Å². The van der Waals surface area contributed by atoms with Crippen LogP contribution < -0.4 is 4.90 Å². The highest BCUT2D eigenvalue weighted by atomic mass is 15.1. The number of hydrogen-bond donors (Lipinski definition) is 0. The van der Waals surface area contributed by atoms with Crippen LogP contribution in [0, 0.1) is 0 Å². The molecule has 3 rings (SSSR count).